The van der Waals surface area contributed by atoms with Gasteiger partial charge in [-0.15, -0.1) is 0 Å². The zero-order chi connectivity index (χ0) is 14.7. The van der Waals surface area contributed by atoms with Gasteiger partial charge in [0.25, 0.3) is 0 Å². The molecule has 0 amide bonds. The number of hydrogen-bond donors (Lipinski definition) is 1. The number of rotatable bonds is 4. The molecule has 0 spiro atoms. The number of halogens is 1. The molecule has 0 aromatic heterocycles. The molecule has 1 aliphatic carbocycles. The quantitative estimate of drug-likeness (QED) is 0.924. The van der Waals surface area contributed by atoms with E-state index < -0.39 is 0 Å². The molecule has 21 heavy (non-hydrogen) atoms. The number of piperazine rings is 1. The van der Waals surface area contributed by atoms with Crippen molar-refractivity contribution in [2.24, 2.45) is 5.73 Å². The van der Waals surface area contributed by atoms with E-state index in [1.165, 1.54) is 25.7 Å². The van der Waals surface area contributed by atoms with E-state index in [1.807, 2.05) is 12.1 Å². The van der Waals surface area contributed by atoms with Crippen molar-refractivity contribution in [3.05, 3.63) is 35.1 Å². The minimum absolute atomic E-state index is 0.115. The van der Waals surface area contributed by atoms with Crippen molar-refractivity contribution < 1.29 is 4.39 Å². The van der Waals surface area contributed by atoms with Crippen LogP contribution in [0.5, 0.6) is 0 Å². The van der Waals surface area contributed by atoms with E-state index in [9.17, 15) is 4.39 Å². The molecule has 0 radical (unpaired) electrons. The highest BCUT2D eigenvalue weighted by atomic mass is 19.1. The molecule has 2 aliphatic rings. The summed E-state index contributed by atoms with van der Waals surface area (Å²) in [7, 11) is 0. The molecule has 2 fully saturated rings. The Morgan fingerprint density at radius 3 is 2.43 bits per heavy atom. The van der Waals surface area contributed by atoms with Crippen LogP contribution in [0.3, 0.4) is 0 Å². The Bertz CT molecular complexity index is 463. The van der Waals surface area contributed by atoms with Crippen molar-refractivity contribution in [2.45, 2.75) is 44.8 Å². The highest BCUT2D eigenvalue weighted by molar-refractivity contribution is 5.24. The summed E-state index contributed by atoms with van der Waals surface area (Å²) in [6, 6.07) is 6.21. The van der Waals surface area contributed by atoms with Crippen molar-refractivity contribution >= 4 is 0 Å². The minimum Gasteiger partial charge on any atom is -0.326 e. The van der Waals surface area contributed by atoms with Crippen LogP contribution in [-0.4, -0.2) is 42.0 Å². The molecule has 3 nitrogen and oxygen atoms in total. The summed E-state index contributed by atoms with van der Waals surface area (Å²) < 4.78 is 14.0. The van der Waals surface area contributed by atoms with Gasteiger partial charge in [-0.3, -0.25) is 9.80 Å². The van der Waals surface area contributed by atoms with Crippen molar-refractivity contribution in [2.75, 3.05) is 26.2 Å². The average Bonchev–Trinajstić information content (AvgIpc) is 3.04. The van der Waals surface area contributed by atoms with Crippen LogP contribution >= 0.6 is 0 Å². The Balaban J connectivity index is 1.53. The molecule has 1 aliphatic heterocycles. The largest absolute Gasteiger partial charge is 0.326 e. The van der Waals surface area contributed by atoms with Gasteiger partial charge >= 0.3 is 0 Å². The fraction of sp³-hybridized carbons (Fsp3) is 0.647. The molecule has 116 valence electrons. The second kappa shape index (κ2) is 6.86. The van der Waals surface area contributed by atoms with Crippen LogP contribution in [0.15, 0.2) is 18.2 Å². The lowest BCUT2D eigenvalue weighted by Crippen LogP contribution is -2.49. The van der Waals surface area contributed by atoms with Crippen molar-refractivity contribution in [1.29, 1.82) is 0 Å². The first-order valence-electron chi connectivity index (χ1n) is 8.20. The van der Waals surface area contributed by atoms with Crippen LogP contribution in [0.25, 0.3) is 0 Å². The smallest absolute Gasteiger partial charge is 0.128 e. The molecule has 0 bridgehead atoms. The molecular formula is C17H26FN3. The summed E-state index contributed by atoms with van der Waals surface area (Å²) in [5.74, 6) is -0.115. The van der Waals surface area contributed by atoms with E-state index in [4.69, 9.17) is 5.73 Å². The van der Waals surface area contributed by atoms with Gasteiger partial charge in [0.2, 0.25) is 0 Å². The van der Waals surface area contributed by atoms with E-state index >= 15 is 0 Å². The zero-order valence-electron chi connectivity index (χ0n) is 12.7. The second-order valence-electron chi connectivity index (χ2n) is 6.38. The third-order valence-electron chi connectivity index (χ3n) is 5.00. The van der Waals surface area contributed by atoms with Crippen LogP contribution in [0.2, 0.25) is 0 Å². The first-order chi connectivity index (χ1) is 10.3. The van der Waals surface area contributed by atoms with E-state index in [2.05, 4.69) is 9.80 Å². The lowest BCUT2D eigenvalue weighted by atomic mass is 10.1. The topological polar surface area (TPSA) is 32.5 Å². The van der Waals surface area contributed by atoms with Crippen molar-refractivity contribution in [1.82, 2.24) is 9.80 Å². The lowest BCUT2D eigenvalue weighted by Gasteiger charge is -2.38. The summed E-state index contributed by atoms with van der Waals surface area (Å²) in [6.45, 7) is 5.48. The first kappa shape index (κ1) is 14.9. The van der Waals surface area contributed by atoms with Crippen LogP contribution in [0, 0.1) is 5.82 Å². The number of hydrogen-bond acceptors (Lipinski definition) is 3. The van der Waals surface area contributed by atoms with Crippen LogP contribution in [0.1, 0.15) is 36.8 Å². The van der Waals surface area contributed by atoms with E-state index in [0.717, 1.165) is 49.9 Å². The van der Waals surface area contributed by atoms with Crippen molar-refractivity contribution in [3.63, 3.8) is 0 Å². The van der Waals surface area contributed by atoms with Gasteiger partial charge < -0.3 is 5.73 Å². The maximum atomic E-state index is 14.0. The fourth-order valence-electron chi connectivity index (χ4n) is 3.64. The van der Waals surface area contributed by atoms with E-state index in [1.54, 1.807) is 6.07 Å². The zero-order valence-corrected chi connectivity index (χ0v) is 12.7. The van der Waals surface area contributed by atoms with E-state index in [0.29, 0.717) is 6.54 Å². The SMILES string of the molecule is NCc1ccc(CN2CCN(C3CCCC3)CC2)c(F)c1. The molecule has 2 N–H and O–H groups in total. The molecule has 3 rings (SSSR count). The van der Waals surface area contributed by atoms with Crippen LogP contribution in [0.4, 0.5) is 4.39 Å². The van der Waals surface area contributed by atoms with Crippen molar-refractivity contribution in [3.8, 4) is 0 Å². The van der Waals surface area contributed by atoms with Gasteiger partial charge in [-0.25, -0.2) is 4.39 Å². The Hall–Kier alpha value is -0.970. The Morgan fingerprint density at radius 2 is 1.81 bits per heavy atom. The standard InChI is InChI=1S/C17H26FN3/c18-17-11-14(12-19)5-6-15(17)13-20-7-9-21(10-8-20)16-3-1-2-4-16/h5-6,11,16H,1-4,7-10,12-13,19H2. The Kier molecular flexibility index (Phi) is 4.88. The summed E-state index contributed by atoms with van der Waals surface area (Å²) in [5, 5.41) is 0. The summed E-state index contributed by atoms with van der Waals surface area (Å²) in [4.78, 5) is 5.00. The lowest BCUT2D eigenvalue weighted by molar-refractivity contribution is 0.0930. The van der Waals surface area contributed by atoms with Gasteiger partial charge in [-0.05, 0) is 24.5 Å². The highest BCUT2D eigenvalue weighted by Crippen LogP contribution is 2.24. The predicted molar refractivity (Wildman–Crippen MR) is 83.4 cm³/mol. The van der Waals surface area contributed by atoms with Gasteiger partial charge in [-0.2, -0.15) is 0 Å². The van der Waals surface area contributed by atoms with Gasteiger partial charge in [0.1, 0.15) is 5.82 Å². The summed E-state index contributed by atoms with van der Waals surface area (Å²) >= 11 is 0. The number of nitrogens with two attached hydrogens (primary N) is 1. The molecule has 0 unspecified atom stereocenters. The summed E-state index contributed by atoms with van der Waals surface area (Å²) in [6.07, 6.45) is 5.53. The first-order valence-corrected chi connectivity index (χ1v) is 8.20. The minimum atomic E-state index is -0.115. The maximum Gasteiger partial charge on any atom is 0.128 e. The number of nitrogens with zero attached hydrogens (tertiary/aromatic N) is 2. The molecular weight excluding hydrogens is 265 g/mol. The fourth-order valence-corrected chi connectivity index (χ4v) is 3.64. The monoisotopic (exact) mass is 291 g/mol. The second-order valence-corrected chi connectivity index (χ2v) is 6.38. The Morgan fingerprint density at radius 1 is 1.10 bits per heavy atom. The molecule has 1 saturated carbocycles. The van der Waals surface area contributed by atoms with Gasteiger partial charge in [0.15, 0.2) is 0 Å². The summed E-state index contributed by atoms with van der Waals surface area (Å²) in [5.41, 5.74) is 7.20. The molecule has 1 aromatic rings. The third kappa shape index (κ3) is 3.62. The highest BCUT2D eigenvalue weighted by Gasteiger charge is 2.26. The van der Waals surface area contributed by atoms with Gasteiger partial charge in [0, 0.05) is 50.9 Å². The van der Waals surface area contributed by atoms with Gasteiger partial charge in [0.05, 0.1) is 0 Å². The third-order valence-corrected chi connectivity index (χ3v) is 5.00. The van der Waals surface area contributed by atoms with Gasteiger partial charge in [-0.1, -0.05) is 25.0 Å². The average molecular weight is 291 g/mol. The van der Waals surface area contributed by atoms with Crippen LogP contribution < -0.4 is 5.73 Å². The molecule has 0 atom stereocenters. The maximum absolute atomic E-state index is 14.0. The molecule has 1 saturated heterocycles. The molecule has 1 aromatic carbocycles. The normalized spacial score (nSPS) is 22.0. The van der Waals surface area contributed by atoms with Crippen LogP contribution in [-0.2, 0) is 13.1 Å². The number of benzene rings is 1. The molecule has 4 heteroatoms. The molecule has 1 heterocycles. The van der Waals surface area contributed by atoms with E-state index in [-0.39, 0.29) is 5.82 Å². The predicted octanol–water partition coefficient (Wildman–Crippen LogP) is 2.34. The Labute approximate surface area is 126 Å².